The molecule has 12 rings (SSSR count). The van der Waals surface area contributed by atoms with Crippen LogP contribution < -0.4 is 79.4 Å². The number of aromatic nitrogens is 10. The molecule has 532 valence electrons. The van der Waals surface area contributed by atoms with Gasteiger partial charge in [-0.15, -0.1) is 0 Å². The van der Waals surface area contributed by atoms with Crippen LogP contribution in [0.25, 0.3) is 0 Å². The summed E-state index contributed by atoms with van der Waals surface area (Å²) in [7, 11) is 1.46. The van der Waals surface area contributed by atoms with Crippen LogP contribution in [-0.4, -0.2) is 90.7 Å². The summed E-state index contributed by atoms with van der Waals surface area (Å²) in [5, 5.41) is 46.1. The molecular weight excluding hydrogens is 1490 g/mol. The summed E-state index contributed by atoms with van der Waals surface area (Å²) in [6, 6.07) is 43.3. The van der Waals surface area contributed by atoms with Gasteiger partial charge in [0.1, 0.15) is 40.2 Å². The predicted octanol–water partition coefficient (Wildman–Crippen LogP) is 15.8. The van der Waals surface area contributed by atoms with E-state index in [4.69, 9.17) is 154 Å². The Morgan fingerprint density at radius 3 is 1.05 bits per heavy atom. The van der Waals surface area contributed by atoms with Crippen molar-refractivity contribution in [1.82, 2.24) is 49.8 Å². The van der Waals surface area contributed by atoms with Crippen molar-refractivity contribution in [2.75, 3.05) is 76.1 Å². The lowest BCUT2D eigenvalue weighted by Crippen LogP contribution is -2.09. The molecular formula is C65H57Cl7N20O11. The molecule has 7 aromatic carbocycles. The van der Waals surface area contributed by atoms with Gasteiger partial charge in [0.15, 0.2) is 57.8 Å². The van der Waals surface area contributed by atoms with Gasteiger partial charge >= 0.3 is 0 Å². The number of phenolic OH excluding ortho intramolecular Hbond substituents is 2. The number of benzene rings is 7. The molecule has 0 aliphatic rings. The number of aliphatic hydroxyl groups excluding tert-OH is 1. The first-order valence-corrected chi connectivity index (χ1v) is 31.7. The van der Waals surface area contributed by atoms with Gasteiger partial charge in [0.2, 0.25) is 29.7 Å². The van der Waals surface area contributed by atoms with E-state index < -0.39 is 0 Å². The lowest BCUT2D eigenvalue weighted by molar-refractivity contribution is 0.131. The van der Waals surface area contributed by atoms with Crippen LogP contribution in [0.4, 0.5) is 70.2 Å². The van der Waals surface area contributed by atoms with Gasteiger partial charge < -0.3 is 78.3 Å². The molecule has 38 heteroatoms. The van der Waals surface area contributed by atoms with Crippen molar-refractivity contribution in [3.8, 4) is 69.0 Å². The first-order valence-electron chi connectivity index (χ1n) is 29.1. The number of aromatic hydroxyl groups is 2. The maximum atomic E-state index is 9.48. The number of hydrogen-bond donors (Lipinski definition) is 14. The number of hydrogen-bond acceptors (Lipinski definition) is 31. The van der Waals surface area contributed by atoms with E-state index in [2.05, 4.69) is 71.4 Å². The molecule has 5 aromatic heterocycles. The highest BCUT2D eigenvalue weighted by molar-refractivity contribution is 6.34. The zero-order chi connectivity index (χ0) is 73.8. The molecule has 0 spiro atoms. The molecule has 5 heterocycles. The molecule has 0 saturated carbocycles. The Hall–Kier alpha value is -11.6. The van der Waals surface area contributed by atoms with Gasteiger partial charge in [0, 0.05) is 36.9 Å². The van der Waals surface area contributed by atoms with E-state index in [1.54, 1.807) is 140 Å². The van der Waals surface area contributed by atoms with Gasteiger partial charge in [-0.1, -0.05) is 81.2 Å². The van der Waals surface area contributed by atoms with E-state index >= 15 is 0 Å². The number of nitrogens with zero attached hydrogens (tertiary/aromatic N) is 10. The minimum atomic E-state index is -0.124. The van der Waals surface area contributed by atoms with Crippen LogP contribution in [0.2, 0.25) is 35.2 Å². The normalized spacial score (nSPS) is 10.3. The Morgan fingerprint density at radius 2 is 0.709 bits per heavy atom. The quantitative estimate of drug-likeness (QED) is 0.0180. The van der Waals surface area contributed by atoms with Crippen LogP contribution in [0.1, 0.15) is 0 Å². The van der Waals surface area contributed by atoms with Crippen LogP contribution in [0.3, 0.4) is 0 Å². The fourth-order valence-electron chi connectivity index (χ4n) is 7.57. The zero-order valence-electron chi connectivity index (χ0n) is 53.0. The molecule has 0 bridgehead atoms. The standard InChI is InChI=1S/2C16H12Cl2N4O2.C12H13ClN4O3.C11H11ClN4O2.C10H9ClN4O2/c17-9-1-4-11(5-2-9)24-14-8-20-16(19)22-15(14)21-13-6-3-10(23)7-12(13)18;17-9-1-4-11(5-2-9)24-14-8-20-16(19)22-15(14)21-10-3-6-13(23)12(18)7-10;13-8-1-3-9(4-2-8)20-10-7-15-12(14)16-11(10)17-19-6-5-18;1-17-16-10-9(6-14-11(13)15-10)18-8-4-2-7(12)3-5-8;11-6-1-3-7(4-2-6)17-8-5-13-10(12)14-9(8)15-16/h2*1-8,23H,(H3,19,20,21,22);1-4,7,18H,5-6H2,(H3,14,15,16,17);2-6H,1H3,(H3,13,14,15,16);1-5,16H,(H3,12,13,14,15). The van der Waals surface area contributed by atoms with E-state index in [1.165, 1.54) is 56.3 Å². The number of nitrogen functional groups attached to an aromatic ring is 5. The second kappa shape index (κ2) is 38.8. The van der Waals surface area contributed by atoms with E-state index in [0.717, 1.165) is 0 Å². The molecule has 31 nitrogen and oxygen atoms in total. The van der Waals surface area contributed by atoms with Gasteiger partial charge in [-0.2, -0.15) is 24.9 Å². The lowest BCUT2D eigenvalue weighted by Gasteiger charge is -2.13. The molecule has 0 aliphatic heterocycles. The van der Waals surface area contributed by atoms with Crippen LogP contribution in [0.5, 0.6) is 69.0 Å². The van der Waals surface area contributed by atoms with Gasteiger partial charge in [-0.25, -0.2) is 41.4 Å². The van der Waals surface area contributed by atoms with Crippen LogP contribution in [0, 0.1) is 0 Å². The van der Waals surface area contributed by atoms with Crippen molar-refractivity contribution in [2.24, 2.45) is 0 Å². The molecule has 0 radical (unpaired) electrons. The second-order valence-corrected chi connectivity index (χ2v) is 22.7. The molecule has 0 unspecified atom stereocenters. The average molecular weight is 1540 g/mol. The third-order valence-electron chi connectivity index (χ3n) is 12.2. The van der Waals surface area contributed by atoms with Crippen molar-refractivity contribution in [2.45, 2.75) is 0 Å². The van der Waals surface area contributed by atoms with Crippen molar-refractivity contribution < 1.29 is 53.9 Å². The summed E-state index contributed by atoms with van der Waals surface area (Å²) in [5.41, 5.74) is 35.8. The number of phenols is 2. The van der Waals surface area contributed by atoms with E-state index in [1.807, 2.05) is 5.48 Å². The Morgan fingerprint density at radius 1 is 0.379 bits per heavy atom. The summed E-state index contributed by atoms with van der Waals surface area (Å²) >= 11 is 41.1. The number of halogens is 7. The van der Waals surface area contributed by atoms with E-state index in [9.17, 15) is 10.2 Å². The van der Waals surface area contributed by atoms with Gasteiger partial charge in [0.05, 0.1) is 67.0 Å². The fraction of sp³-hybridized carbons (Fsp3) is 0.0462. The minimum Gasteiger partial charge on any atom is -0.508 e. The molecule has 19 N–H and O–H groups in total. The van der Waals surface area contributed by atoms with E-state index in [0.29, 0.717) is 111 Å². The molecule has 0 aliphatic carbocycles. The topological polar surface area (TPSA) is 465 Å². The van der Waals surface area contributed by atoms with Crippen LogP contribution in [-0.2, 0) is 9.68 Å². The Balaban J connectivity index is 0.000000164. The Bertz CT molecular complexity index is 4720. The maximum absolute atomic E-state index is 9.48. The molecule has 0 amide bonds. The Kier molecular flexibility index (Phi) is 29.1. The largest absolute Gasteiger partial charge is 0.508 e. The summed E-state index contributed by atoms with van der Waals surface area (Å²) in [5.74, 6) is 6.40. The number of aliphatic hydroxyl groups is 1. The SMILES string of the molecule is CONc1nc(N)ncc1Oc1ccc(Cl)cc1.Nc1ncc(Oc2ccc(Cl)cc2)c(NO)n1.Nc1ncc(Oc2ccc(Cl)cc2)c(NOCCO)n1.Nc1ncc(Oc2ccc(Cl)cc2)c(Nc2ccc(O)c(Cl)c2)n1.Nc1ncc(Oc2ccc(Cl)cc2)c(Nc2ccc(O)cc2Cl)n1. The highest BCUT2D eigenvalue weighted by atomic mass is 35.5. The third-order valence-corrected chi connectivity index (χ3v) is 14.0. The molecule has 0 fully saturated rings. The van der Waals surface area contributed by atoms with Gasteiger partial charge in [-0.3, -0.25) is 14.9 Å². The predicted molar refractivity (Wildman–Crippen MR) is 395 cm³/mol. The smallest absolute Gasteiger partial charge is 0.222 e. The lowest BCUT2D eigenvalue weighted by atomic mass is 10.3. The average Bonchev–Trinajstić information content (AvgIpc) is 0.848. The van der Waals surface area contributed by atoms with Crippen molar-refractivity contribution in [1.29, 1.82) is 0 Å². The highest BCUT2D eigenvalue weighted by Crippen LogP contribution is 2.37. The van der Waals surface area contributed by atoms with Crippen LogP contribution in [0.15, 0.2) is 189 Å². The number of anilines is 12. The van der Waals surface area contributed by atoms with Crippen LogP contribution >= 0.6 is 81.2 Å². The summed E-state index contributed by atoms with van der Waals surface area (Å²) in [6.07, 6.45) is 7.14. The molecule has 0 saturated heterocycles. The van der Waals surface area contributed by atoms with Gasteiger partial charge in [-0.05, 0) is 152 Å². The number of nitrogens with two attached hydrogens (primary N) is 5. The number of nitrogens with one attached hydrogen (secondary N) is 5. The molecule has 0 atom stereocenters. The third kappa shape index (κ3) is 25.2. The first kappa shape index (κ1) is 77.2. The van der Waals surface area contributed by atoms with Crippen molar-refractivity contribution in [3.05, 3.63) is 224 Å². The maximum Gasteiger partial charge on any atom is 0.222 e. The fourth-order valence-corrected chi connectivity index (χ4v) is 8.60. The summed E-state index contributed by atoms with van der Waals surface area (Å²) in [4.78, 5) is 49.0. The number of ether oxygens (including phenoxy) is 5. The summed E-state index contributed by atoms with van der Waals surface area (Å²) in [6.45, 7) is -0.0226. The summed E-state index contributed by atoms with van der Waals surface area (Å²) < 4.78 is 28.2. The van der Waals surface area contributed by atoms with Crippen molar-refractivity contribution >= 4 is 151 Å². The number of rotatable bonds is 21. The van der Waals surface area contributed by atoms with Crippen molar-refractivity contribution in [3.63, 3.8) is 0 Å². The molecule has 12 aromatic rings. The van der Waals surface area contributed by atoms with E-state index in [-0.39, 0.29) is 76.9 Å². The second-order valence-electron chi connectivity index (χ2n) is 19.7. The first-order chi connectivity index (χ1) is 49.6. The minimum absolute atomic E-state index is 0.0120. The Labute approximate surface area is 620 Å². The zero-order valence-corrected chi connectivity index (χ0v) is 58.3. The van der Waals surface area contributed by atoms with Gasteiger partial charge in [0.25, 0.3) is 0 Å². The highest BCUT2D eigenvalue weighted by Gasteiger charge is 2.16. The monoisotopic (exact) mass is 1540 g/mol. The molecule has 103 heavy (non-hydrogen) atoms.